The van der Waals surface area contributed by atoms with Gasteiger partial charge in [0.2, 0.25) is 11.7 Å². The van der Waals surface area contributed by atoms with Gasteiger partial charge in [0, 0.05) is 68.1 Å². The van der Waals surface area contributed by atoms with Gasteiger partial charge >= 0.3 is 11.9 Å². The highest BCUT2D eigenvalue weighted by Crippen LogP contribution is 2.41. The number of methoxy groups -OCH3 is 2. The van der Waals surface area contributed by atoms with Crippen LogP contribution in [0.2, 0.25) is 0 Å². The van der Waals surface area contributed by atoms with E-state index in [1.165, 1.54) is 20.3 Å². The number of aliphatic hydroxyl groups excluding tert-OH is 4. The first-order valence-electron chi connectivity index (χ1n) is 21.9. The molecule has 3 rings (SSSR count). The van der Waals surface area contributed by atoms with Crippen molar-refractivity contribution < 1.29 is 68.4 Å². The number of amides is 1. The van der Waals surface area contributed by atoms with Gasteiger partial charge in [-0.1, -0.05) is 89.1 Å². The van der Waals surface area contributed by atoms with Gasteiger partial charge in [-0.2, -0.15) is 0 Å². The summed E-state index contributed by atoms with van der Waals surface area (Å²) >= 11 is 0. The van der Waals surface area contributed by atoms with Crippen LogP contribution in [0.4, 0.5) is 0 Å². The first-order chi connectivity index (χ1) is 29.6. The second kappa shape index (κ2) is 24.1. The average molecular weight is 886 g/mol. The summed E-state index contributed by atoms with van der Waals surface area (Å²) in [7, 11) is 2.75. The third kappa shape index (κ3) is 14.1. The molecule has 2 heterocycles. The number of ketones is 1. The molecule has 1 aliphatic carbocycles. The maximum atomic E-state index is 13.9. The minimum Gasteiger partial charge on any atom is -0.510 e. The number of rotatable bonds is 12. The summed E-state index contributed by atoms with van der Waals surface area (Å²) < 4.78 is 29.5. The third-order valence-corrected chi connectivity index (χ3v) is 12.6. The molecule has 3 aliphatic rings. The predicted molar refractivity (Wildman–Crippen MR) is 235 cm³/mol. The van der Waals surface area contributed by atoms with Crippen molar-refractivity contribution in [2.24, 2.45) is 35.5 Å². The molecule has 63 heavy (non-hydrogen) atoms. The lowest BCUT2D eigenvalue weighted by atomic mass is 9.77. The maximum absolute atomic E-state index is 13.9. The first-order valence-corrected chi connectivity index (χ1v) is 21.9. The zero-order chi connectivity index (χ0) is 47.3. The van der Waals surface area contributed by atoms with Gasteiger partial charge in [0.1, 0.15) is 29.8 Å². The number of nitrogens with one attached hydrogen (secondary N) is 1. The van der Waals surface area contributed by atoms with E-state index in [1.54, 1.807) is 65.0 Å². The van der Waals surface area contributed by atoms with Crippen LogP contribution in [0.3, 0.4) is 0 Å². The summed E-state index contributed by atoms with van der Waals surface area (Å²) in [5.41, 5.74) is 1.32. The van der Waals surface area contributed by atoms with E-state index < -0.39 is 95.8 Å². The molecule has 6 N–H and O–H groups in total. The normalized spacial score (nSPS) is 33.4. The highest BCUT2D eigenvalue weighted by atomic mass is 16.6. The molecule has 15 heteroatoms. The number of allylic oxidation sites excluding steroid dienone is 8. The van der Waals surface area contributed by atoms with Crippen LogP contribution < -0.4 is 5.32 Å². The Morgan fingerprint density at radius 1 is 1.06 bits per heavy atom. The van der Waals surface area contributed by atoms with E-state index in [1.807, 2.05) is 33.8 Å². The van der Waals surface area contributed by atoms with E-state index in [9.17, 15) is 44.7 Å². The van der Waals surface area contributed by atoms with Crippen molar-refractivity contribution in [3.8, 4) is 0 Å². The summed E-state index contributed by atoms with van der Waals surface area (Å²) in [4.78, 5) is 51.4. The molecule has 1 unspecified atom stereocenters. The van der Waals surface area contributed by atoms with Gasteiger partial charge < -0.3 is 54.5 Å². The van der Waals surface area contributed by atoms with Gasteiger partial charge in [-0.05, 0) is 45.6 Å². The van der Waals surface area contributed by atoms with Gasteiger partial charge in [-0.15, -0.1) is 0 Å². The van der Waals surface area contributed by atoms with Crippen LogP contribution in [0, 0.1) is 35.5 Å². The second-order valence-corrected chi connectivity index (χ2v) is 17.4. The lowest BCUT2D eigenvalue weighted by molar-refractivity contribution is -0.314. The molecule has 1 saturated heterocycles. The zero-order valence-corrected chi connectivity index (χ0v) is 38.6. The fourth-order valence-electron chi connectivity index (χ4n) is 8.59. The molecule has 352 valence electrons. The molecule has 0 spiro atoms. The molecule has 15 nitrogen and oxygen atoms in total. The molecule has 0 bridgehead atoms. The lowest BCUT2D eigenvalue weighted by Crippen LogP contribution is -2.58. The Morgan fingerprint density at radius 3 is 2.33 bits per heavy atom. The van der Waals surface area contributed by atoms with Gasteiger partial charge in [-0.25, -0.2) is 9.59 Å². The quantitative estimate of drug-likeness (QED) is 0.0825. The standard InChI is InChI=1S/C48H71NO14/c1-12-15-36-30(7)39(61-41(53)21-20-40(52)49-42-34(50)18-19-35(42)51)25-48(58,63-36)32(9)45(56)31(8)46-37(59-10)17-14-16-26(3)22-28(5)43(54)33(13-2)44(55)29(6)23-27(4)24-38(60-11)47(57)62-46/h12,14-17,20-21,23-24,28-33,36-37,39,43-46,50,54-56,58H,13,18-19,22,25H2,1-11H3,(H,49,52)/b15-12-,17-14?,21-20+,26-16?,27-23?,38-24?/t28-,29-,30-,31+,32+,33+,36-,37+,39-,43+,44-,45-,46?,48-/m1/s1. The van der Waals surface area contributed by atoms with Crippen molar-refractivity contribution in [2.45, 2.75) is 143 Å². The molecule has 1 fully saturated rings. The highest BCUT2D eigenvalue weighted by molar-refractivity contribution is 6.04. The van der Waals surface area contributed by atoms with Crippen LogP contribution in [-0.4, -0.2) is 112 Å². The Hall–Kier alpha value is -4.38. The number of carbonyl (C=O) groups excluding carboxylic acids is 4. The Labute approximate surface area is 372 Å². The number of cyclic esters (lactones) is 1. The van der Waals surface area contributed by atoms with Gasteiger partial charge in [-0.3, -0.25) is 9.59 Å². The number of ether oxygens (including phenoxy) is 5. The van der Waals surface area contributed by atoms with Crippen LogP contribution >= 0.6 is 0 Å². The fraction of sp³-hybridized carbons (Fsp3) is 0.625. The van der Waals surface area contributed by atoms with E-state index in [0.29, 0.717) is 18.4 Å². The largest absolute Gasteiger partial charge is 0.510 e. The molecule has 0 aromatic rings. The SMILES string of the molecule is C/C=C\[C@H]1O[C@@](O)([C@@H](C)[C@H](O)[C@H](C)C2OC(=O)C(OC)=CC(C)=C[C@@H](C)[C@@H](O)[C@@H](CC)[C@@H](O)[C@H](C)CC(C)=CC=C[C@@H]2OC)C[C@@H](OC(=O)/C=C/C(=O)NC2=C(O)CCC2=O)[C@@H]1C. The molecule has 0 aromatic heterocycles. The van der Waals surface area contributed by atoms with Gasteiger partial charge in [0.05, 0.1) is 31.5 Å². The van der Waals surface area contributed by atoms with Crippen LogP contribution in [0.15, 0.2) is 83.0 Å². The van der Waals surface area contributed by atoms with E-state index in [4.69, 9.17) is 23.7 Å². The smallest absolute Gasteiger partial charge is 0.373 e. The molecule has 0 radical (unpaired) electrons. The number of carbonyl (C=O) groups is 4. The Balaban J connectivity index is 1.97. The summed E-state index contributed by atoms with van der Waals surface area (Å²) in [5.74, 6) is -8.99. The minimum atomic E-state index is -2.10. The van der Waals surface area contributed by atoms with Gasteiger partial charge in [0.15, 0.2) is 11.6 Å². The van der Waals surface area contributed by atoms with Crippen molar-refractivity contribution in [1.29, 1.82) is 0 Å². The number of esters is 2. The molecule has 2 aliphatic heterocycles. The van der Waals surface area contributed by atoms with E-state index in [0.717, 1.165) is 17.7 Å². The van der Waals surface area contributed by atoms with Crippen LogP contribution in [0.1, 0.15) is 94.4 Å². The van der Waals surface area contributed by atoms with Crippen molar-refractivity contribution in [1.82, 2.24) is 5.32 Å². The van der Waals surface area contributed by atoms with Crippen LogP contribution in [0.25, 0.3) is 0 Å². The van der Waals surface area contributed by atoms with Crippen molar-refractivity contribution in [2.75, 3.05) is 14.2 Å². The molecule has 0 saturated carbocycles. The molecular weight excluding hydrogens is 815 g/mol. The zero-order valence-electron chi connectivity index (χ0n) is 38.6. The average Bonchev–Trinajstić information content (AvgIpc) is 3.55. The van der Waals surface area contributed by atoms with Crippen LogP contribution in [-0.2, 0) is 42.9 Å². The Kier molecular flexibility index (Phi) is 20.2. The van der Waals surface area contributed by atoms with Crippen molar-refractivity contribution in [3.63, 3.8) is 0 Å². The first kappa shape index (κ1) is 53.0. The topological polar surface area (TPSA) is 228 Å². The predicted octanol–water partition coefficient (Wildman–Crippen LogP) is 5.36. The van der Waals surface area contributed by atoms with Crippen molar-refractivity contribution in [3.05, 3.63) is 83.0 Å². The summed E-state index contributed by atoms with van der Waals surface area (Å²) in [6.45, 7) is 16.1. The molecule has 1 amide bonds. The van der Waals surface area contributed by atoms with E-state index in [-0.39, 0.29) is 48.3 Å². The highest BCUT2D eigenvalue weighted by Gasteiger charge is 2.52. The number of Topliss-reactive ketones (excluding diaryl/α,β-unsaturated/α-hetero) is 1. The number of hydrogen-bond donors (Lipinski definition) is 6. The summed E-state index contributed by atoms with van der Waals surface area (Å²) in [6, 6.07) is 0. The lowest BCUT2D eigenvalue weighted by Gasteiger charge is -2.48. The monoisotopic (exact) mass is 885 g/mol. The molecule has 14 atom stereocenters. The molecular formula is C48H71NO14. The Bertz CT molecular complexity index is 1830. The van der Waals surface area contributed by atoms with Gasteiger partial charge in [0.25, 0.3) is 0 Å². The van der Waals surface area contributed by atoms with Crippen LogP contribution in [0.5, 0.6) is 0 Å². The minimum absolute atomic E-state index is 0.0618. The molecule has 0 aromatic carbocycles. The maximum Gasteiger partial charge on any atom is 0.373 e. The van der Waals surface area contributed by atoms with E-state index in [2.05, 4.69) is 5.32 Å². The number of hydrogen-bond acceptors (Lipinski definition) is 14. The summed E-state index contributed by atoms with van der Waals surface area (Å²) in [5, 5.41) is 59.2. The third-order valence-electron chi connectivity index (χ3n) is 12.6. The van der Waals surface area contributed by atoms with Crippen molar-refractivity contribution >= 4 is 23.6 Å². The Morgan fingerprint density at radius 2 is 1.75 bits per heavy atom. The number of aliphatic hydroxyl groups is 5. The fourth-order valence-corrected chi connectivity index (χ4v) is 8.59. The summed E-state index contributed by atoms with van der Waals surface area (Å²) in [6.07, 6.45) is 7.80. The van der Waals surface area contributed by atoms with E-state index >= 15 is 0 Å². The second-order valence-electron chi connectivity index (χ2n) is 17.4.